The Morgan fingerprint density at radius 1 is 0.333 bits per heavy atom. The molecule has 11 aromatic carbocycles. The van der Waals surface area contributed by atoms with Crippen molar-refractivity contribution >= 4 is 0 Å². The van der Waals surface area contributed by atoms with Crippen LogP contribution in [0.2, 0.25) is 0 Å². The summed E-state index contributed by atoms with van der Waals surface area (Å²) in [5.41, 5.74) is 47.5. The number of fused-ring (bicyclic) bond motifs is 12. The van der Waals surface area contributed by atoms with Crippen molar-refractivity contribution in [1.29, 1.82) is 0 Å². The predicted octanol–water partition coefficient (Wildman–Crippen LogP) is 25.2. The molecule has 4 aromatic heterocycles. The van der Waals surface area contributed by atoms with E-state index in [0.29, 0.717) is 16.7 Å². The molecule has 4 aliphatic carbocycles. The van der Waals surface area contributed by atoms with Gasteiger partial charge < -0.3 is 0 Å². The lowest BCUT2D eigenvalue weighted by Crippen LogP contribution is -2.32. The SMILES string of the molecule is Cc1cc[n+](C)c(-c2cc(-c3ccccc3)c3c(c2C)Cc2ccccc2-3)c1.[2H]C(C)(C)c1cc[n+](C)c(-c2cc(-c3ccccc3)c3c(c2C)Cc2ccccc2-3)c1.[2H]C([2H])([2H])c1ccc(-c2cc(-c3ccccc3)c3c(c2C)Cc2ccccc2-3)[n+](C)c1.[2H]C([2H])([2H])c1ccc2c(c1)Cc1c-2ccc(-c2cc(C)c(C([2H])([2H])C(C)(C)C)c[n+]2C)c1C. The van der Waals surface area contributed by atoms with Crippen molar-refractivity contribution in [2.45, 2.75) is 128 Å². The lowest BCUT2D eigenvalue weighted by molar-refractivity contribution is -0.661. The first kappa shape index (κ1) is 65.6. The zero-order chi connectivity index (χ0) is 87.3. The Balaban J connectivity index is 0.000000122. The minimum Gasteiger partial charge on any atom is -0.201 e. The smallest absolute Gasteiger partial charge is 0.201 e. The second kappa shape index (κ2) is 31.2. The molecule has 114 heavy (non-hydrogen) atoms. The highest BCUT2D eigenvalue weighted by Crippen LogP contribution is 2.51. The summed E-state index contributed by atoms with van der Waals surface area (Å²) < 4.78 is 80.7. The van der Waals surface area contributed by atoms with E-state index in [1.54, 1.807) is 18.3 Å². The molecule has 0 atom stereocenters. The maximum Gasteiger partial charge on any atom is 0.212 e. The molecule has 0 spiro atoms. The first-order valence-corrected chi connectivity index (χ1v) is 40.1. The zero-order valence-corrected chi connectivity index (χ0v) is 68.7. The van der Waals surface area contributed by atoms with E-state index >= 15 is 0 Å². The van der Waals surface area contributed by atoms with Crippen LogP contribution >= 0.6 is 0 Å². The maximum atomic E-state index is 8.72. The molecule has 4 aliphatic rings. The number of nitrogens with zero attached hydrogens (tertiary/aromatic N) is 4. The third kappa shape index (κ3) is 14.6. The summed E-state index contributed by atoms with van der Waals surface area (Å²) in [4.78, 5) is 0. The first-order valence-electron chi connectivity index (χ1n) is 44.6. The largest absolute Gasteiger partial charge is 0.212 e. The fourth-order valence-corrected chi connectivity index (χ4v) is 18.0. The molecule has 0 amide bonds. The Morgan fingerprint density at radius 3 is 1.21 bits per heavy atom. The average molecular weight is 1500 g/mol. The number of benzene rings is 11. The van der Waals surface area contributed by atoms with Crippen molar-refractivity contribution in [2.75, 3.05) is 0 Å². The monoisotopic (exact) mass is 1490 g/mol. The molecule has 0 saturated carbocycles. The van der Waals surface area contributed by atoms with Gasteiger partial charge in [-0.1, -0.05) is 228 Å². The number of aryl methyl sites for hydroxylation is 8. The number of rotatable bonds is 9. The Hall–Kier alpha value is -12.0. The third-order valence-electron chi connectivity index (χ3n) is 24.0. The summed E-state index contributed by atoms with van der Waals surface area (Å²) >= 11 is 0. The Morgan fingerprint density at radius 2 is 0.737 bits per heavy atom. The van der Waals surface area contributed by atoms with Gasteiger partial charge in [0, 0.05) is 82.1 Å². The van der Waals surface area contributed by atoms with Crippen LogP contribution in [-0.2, 0) is 60.2 Å². The normalized spacial score (nSPS) is 13.8. The quantitative estimate of drug-likeness (QED) is 0.128. The van der Waals surface area contributed by atoms with Crippen molar-refractivity contribution in [3.05, 3.63) is 380 Å². The fraction of sp³-hybridized carbons (Fsp3) is 0.218. The summed E-state index contributed by atoms with van der Waals surface area (Å²) in [5.74, 6) is -0.633. The van der Waals surface area contributed by atoms with Crippen LogP contribution in [-0.4, -0.2) is 0 Å². The van der Waals surface area contributed by atoms with Crippen molar-refractivity contribution in [2.24, 2.45) is 33.6 Å². The molecule has 564 valence electrons. The van der Waals surface area contributed by atoms with Crippen LogP contribution in [0.1, 0.15) is 153 Å². The van der Waals surface area contributed by atoms with Crippen LogP contribution in [0.4, 0.5) is 0 Å². The van der Waals surface area contributed by atoms with E-state index in [4.69, 9.17) is 12.3 Å². The van der Waals surface area contributed by atoms with E-state index < -0.39 is 31.4 Å². The predicted molar refractivity (Wildman–Crippen MR) is 477 cm³/mol. The number of hydrogen-bond donors (Lipinski definition) is 0. The summed E-state index contributed by atoms with van der Waals surface area (Å²) in [6.07, 6.45) is 10.1. The second-order valence-corrected chi connectivity index (χ2v) is 33.0. The maximum absolute atomic E-state index is 8.72. The van der Waals surface area contributed by atoms with Crippen LogP contribution in [0.15, 0.2) is 280 Å². The molecule has 19 rings (SSSR count). The fourth-order valence-electron chi connectivity index (χ4n) is 18.0. The molecule has 0 unspecified atom stereocenters. The van der Waals surface area contributed by atoms with Gasteiger partial charge >= 0.3 is 0 Å². The van der Waals surface area contributed by atoms with Gasteiger partial charge in [0.05, 0.1) is 0 Å². The lowest BCUT2D eigenvalue weighted by Gasteiger charge is -2.19. The van der Waals surface area contributed by atoms with Gasteiger partial charge in [-0.25, -0.2) is 18.3 Å². The molecular weight excluding hydrogens is 1380 g/mol. The molecule has 0 aliphatic heterocycles. The van der Waals surface area contributed by atoms with Gasteiger partial charge in [0.25, 0.3) is 0 Å². The van der Waals surface area contributed by atoms with Gasteiger partial charge in [0.15, 0.2) is 24.8 Å². The topological polar surface area (TPSA) is 15.5 Å². The molecule has 0 N–H and O–H groups in total. The molecule has 15 aromatic rings. The van der Waals surface area contributed by atoms with E-state index in [1.165, 1.54) is 156 Å². The minimum atomic E-state index is -2.11. The zero-order valence-electron chi connectivity index (χ0n) is 77.7. The second-order valence-electron chi connectivity index (χ2n) is 33.0. The van der Waals surface area contributed by atoms with Gasteiger partial charge in [0.1, 0.15) is 28.2 Å². The van der Waals surface area contributed by atoms with E-state index in [-0.39, 0.29) is 0 Å². The van der Waals surface area contributed by atoms with Crippen molar-refractivity contribution in [1.82, 2.24) is 0 Å². The number of aromatic nitrogens is 4. The van der Waals surface area contributed by atoms with Crippen LogP contribution < -0.4 is 18.3 Å². The molecule has 4 nitrogen and oxygen atoms in total. The molecule has 0 saturated heterocycles. The van der Waals surface area contributed by atoms with Gasteiger partial charge in [-0.05, 0) is 290 Å². The molecular formula is C110H108N4+4. The molecule has 0 fully saturated rings. The van der Waals surface area contributed by atoms with Gasteiger partial charge in [-0.2, -0.15) is 0 Å². The number of hydrogen-bond acceptors (Lipinski definition) is 0. The van der Waals surface area contributed by atoms with Crippen molar-refractivity contribution in [3.8, 4) is 123 Å². The molecule has 0 radical (unpaired) electrons. The summed E-state index contributed by atoms with van der Waals surface area (Å²) in [5, 5.41) is 0. The van der Waals surface area contributed by atoms with E-state index in [2.05, 4.69) is 289 Å². The molecule has 4 heteroatoms. The molecule has 0 bridgehead atoms. The Labute approximate surface area is 690 Å². The summed E-state index contributed by atoms with van der Waals surface area (Å²) in [6.45, 7) is 18.5. The lowest BCUT2D eigenvalue weighted by atomic mass is 9.86. The van der Waals surface area contributed by atoms with Crippen LogP contribution in [0, 0.1) is 60.7 Å². The highest BCUT2D eigenvalue weighted by Gasteiger charge is 2.33. The standard InChI is InChI=1S/C29H28N.2C27H24N.C27H32N/c1-19(2)22-14-15-30(4)28(17-22)25-18-27(21-10-6-5-7-11-21)29-24-13-9-8-12-23(24)16-26(29)20(25)3;1-18-13-14-26(28(3)17-18)23-16-25(20-9-5-4-6-10-20)27-22-12-8-7-11-21(22)15-24(27)19(23)2;1-18-13-14-28(3)26(15-18)23-17-25(20-9-5-4-6-10-20)27-22-12-8-7-11-21(22)16-24(27)19(23)2;1-17-8-9-23-20(12-17)14-25-19(3)22(10-11-24(23)25)26-13-18(2)21(16-28(26)7)15-27(4,5)6/h5-15,17-19H,16H2,1-4H3;4-14,16-17H,15H2,1-3H3;4-15,17H,16H2,1-3H3;8-13,16H,14-15H2,1-7H3/q4*+1/i19D;1D3;;1D3,15D2. The minimum absolute atomic E-state index is 0.355. The highest BCUT2D eigenvalue weighted by molar-refractivity contribution is 5.97. The van der Waals surface area contributed by atoms with Crippen LogP contribution in [0.25, 0.3) is 123 Å². The van der Waals surface area contributed by atoms with Gasteiger partial charge in [-0.3, -0.25) is 0 Å². The highest BCUT2D eigenvalue weighted by atomic mass is 14.9. The van der Waals surface area contributed by atoms with E-state index in [9.17, 15) is 0 Å². The number of pyridine rings is 4. The third-order valence-corrected chi connectivity index (χ3v) is 24.0. The van der Waals surface area contributed by atoms with Crippen LogP contribution in [0.3, 0.4) is 0 Å². The molecule has 4 heterocycles. The van der Waals surface area contributed by atoms with Gasteiger partial charge in [-0.15, -0.1) is 0 Å². The van der Waals surface area contributed by atoms with E-state index in [1.807, 2.05) is 95.2 Å². The van der Waals surface area contributed by atoms with Crippen molar-refractivity contribution < 1.29 is 30.6 Å². The summed E-state index contributed by atoms with van der Waals surface area (Å²) in [7, 11) is 8.13. The van der Waals surface area contributed by atoms with Gasteiger partial charge in [0.2, 0.25) is 22.8 Å². The Bertz CT molecular complexity index is 6680. The van der Waals surface area contributed by atoms with Crippen molar-refractivity contribution in [3.63, 3.8) is 0 Å². The Kier molecular flexibility index (Phi) is 17.9. The summed E-state index contributed by atoms with van der Waals surface area (Å²) in [6, 6.07) is 89.6. The first-order chi connectivity index (χ1) is 58.4. The van der Waals surface area contributed by atoms with E-state index in [0.717, 1.165) is 76.1 Å². The average Bonchev–Trinajstić information content (AvgIpc) is 1.64. The van der Waals surface area contributed by atoms with Crippen LogP contribution in [0.5, 0.6) is 0 Å².